The minimum absolute atomic E-state index is 0.0816. The molecule has 26 heavy (non-hydrogen) atoms. The van der Waals surface area contributed by atoms with Gasteiger partial charge in [-0.25, -0.2) is 18.8 Å². The highest BCUT2D eigenvalue weighted by molar-refractivity contribution is 7.92. The molecule has 142 valence electrons. The molecule has 2 aromatic rings. The number of carboxylic acid groups (broad SMARTS) is 1. The van der Waals surface area contributed by atoms with Gasteiger partial charge in [0.25, 0.3) is 0 Å². The van der Waals surface area contributed by atoms with E-state index in [9.17, 15) is 9.00 Å². The molecule has 0 aliphatic heterocycles. The van der Waals surface area contributed by atoms with Gasteiger partial charge in [-0.3, -0.25) is 4.57 Å². The first-order chi connectivity index (χ1) is 12.0. The molecule has 2 rings (SSSR count). The topological polar surface area (TPSA) is 105 Å². The summed E-state index contributed by atoms with van der Waals surface area (Å²) in [6.45, 7) is 9.36. The lowest BCUT2D eigenvalue weighted by Crippen LogP contribution is -2.22. The number of imidazole rings is 1. The van der Waals surface area contributed by atoms with Crippen LogP contribution in [-0.2, 0) is 21.2 Å². The van der Waals surface area contributed by atoms with Crippen molar-refractivity contribution in [1.29, 1.82) is 4.78 Å². The smallest absolute Gasteiger partial charge is 0.335 e. The average molecular weight is 396 g/mol. The molecule has 0 radical (unpaired) electrons. The standard InChI is InChI=1S/C17H25N3O4SSi/c1-13-11-20(12-24-9-10-26(2,3)4)17(19-13)25(18,23)15-7-5-14(6-8-15)16(21)22/h5-8,11,18H,9-10,12H2,1-4H3,(H,21,22). The van der Waals surface area contributed by atoms with Crippen LogP contribution in [0.25, 0.3) is 0 Å². The number of rotatable bonds is 8. The number of aryl methyl sites for hydroxylation is 1. The fourth-order valence-electron chi connectivity index (χ4n) is 2.28. The summed E-state index contributed by atoms with van der Waals surface area (Å²) in [4.78, 5) is 15.4. The molecule has 0 saturated heterocycles. The Bertz CT molecular complexity index is 884. The Labute approximate surface area is 155 Å². The molecule has 2 N–H and O–H groups in total. The van der Waals surface area contributed by atoms with Gasteiger partial charge in [-0.2, -0.15) is 0 Å². The van der Waals surface area contributed by atoms with E-state index in [0.29, 0.717) is 12.3 Å². The lowest BCUT2D eigenvalue weighted by molar-refractivity contribution is 0.0696. The SMILES string of the molecule is Cc1cn(COCC[Si](C)(C)C)c(S(=N)(=O)c2ccc(C(=O)O)cc2)n1. The first-order valence-electron chi connectivity index (χ1n) is 8.24. The summed E-state index contributed by atoms with van der Waals surface area (Å²) in [7, 11) is -4.57. The third-order valence-corrected chi connectivity index (χ3v) is 7.26. The van der Waals surface area contributed by atoms with Crippen LogP contribution in [-0.4, -0.2) is 39.5 Å². The number of ether oxygens (including phenoxy) is 1. The Kier molecular flexibility index (Phi) is 6.04. The van der Waals surface area contributed by atoms with Crippen molar-refractivity contribution < 1.29 is 18.8 Å². The van der Waals surface area contributed by atoms with Gasteiger partial charge in [-0.15, -0.1) is 0 Å². The summed E-state index contributed by atoms with van der Waals surface area (Å²) in [5.74, 6) is -1.07. The Morgan fingerprint density at radius 1 is 1.31 bits per heavy atom. The van der Waals surface area contributed by atoms with Gasteiger partial charge in [0.05, 0.1) is 16.2 Å². The zero-order chi connectivity index (χ0) is 19.5. The number of hydrogen-bond donors (Lipinski definition) is 2. The van der Waals surface area contributed by atoms with Gasteiger partial charge in [-0.05, 0) is 37.2 Å². The highest BCUT2D eigenvalue weighted by atomic mass is 32.2. The van der Waals surface area contributed by atoms with Crippen molar-refractivity contribution >= 4 is 23.8 Å². The Morgan fingerprint density at radius 2 is 1.92 bits per heavy atom. The first kappa shape index (κ1) is 20.3. The van der Waals surface area contributed by atoms with Crippen molar-refractivity contribution in [1.82, 2.24) is 9.55 Å². The zero-order valence-electron chi connectivity index (χ0n) is 15.5. The lowest BCUT2D eigenvalue weighted by atomic mass is 10.2. The van der Waals surface area contributed by atoms with Crippen LogP contribution in [0.15, 0.2) is 40.5 Å². The van der Waals surface area contributed by atoms with Crippen molar-refractivity contribution in [3.05, 3.63) is 41.7 Å². The molecule has 1 unspecified atom stereocenters. The number of carbonyl (C=O) groups is 1. The number of aromatic nitrogens is 2. The Balaban J connectivity index is 2.22. The molecule has 0 spiro atoms. The van der Waals surface area contributed by atoms with Gasteiger partial charge >= 0.3 is 5.97 Å². The van der Waals surface area contributed by atoms with Crippen molar-refractivity contribution in [2.24, 2.45) is 0 Å². The maximum Gasteiger partial charge on any atom is 0.335 e. The van der Waals surface area contributed by atoms with Crippen molar-refractivity contribution in [2.45, 2.75) is 49.4 Å². The number of aromatic carboxylic acids is 1. The maximum absolute atomic E-state index is 13.1. The summed E-state index contributed by atoms with van der Waals surface area (Å²) < 4.78 is 28.8. The predicted octanol–water partition coefficient (Wildman–Crippen LogP) is 3.67. The average Bonchev–Trinajstić information content (AvgIpc) is 2.92. The molecule has 0 aliphatic rings. The molecule has 1 aromatic heterocycles. The van der Waals surface area contributed by atoms with Crippen LogP contribution in [0.2, 0.25) is 25.7 Å². The van der Waals surface area contributed by atoms with E-state index >= 15 is 0 Å². The molecule has 1 aromatic carbocycles. The van der Waals surface area contributed by atoms with E-state index in [0.717, 1.165) is 6.04 Å². The predicted molar refractivity (Wildman–Crippen MR) is 102 cm³/mol. The van der Waals surface area contributed by atoms with Gasteiger partial charge < -0.3 is 9.84 Å². The van der Waals surface area contributed by atoms with E-state index in [4.69, 9.17) is 14.6 Å². The molecular formula is C17H25N3O4SSi. The van der Waals surface area contributed by atoms with Crippen LogP contribution < -0.4 is 0 Å². The van der Waals surface area contributed by atoms with E-state index in [2.05, 4.69) is 24.6 Å². The van der Waals surface area contributed by atoms with Gasteiger partial charge in [0.15, 0.2) is 0 Å². The molecule has 0 saturated carbocycles. The monoisotopic (exact) mass is 395 g/mol. The number of hydrogen-bond acceptors (Lipinski definition) is 5. The van der Waals surface area contributed by atoms with Crippen molar-refractivity contribution in [2.75, 3.05) is 6.61 Å². The number of nitrogens with one attached hydrogen (secondary N) is 1. The fourth-order valence-corrected chi connectivity index (χ4v) is 4.48. The second-order valence-corrected chi connectivity index (χ2v) is 14.9. The maximum atomic E-state index is 13.1. The normalized spacial score (nSPS) is 14.2. The number of carboxylic acids is 1. The fraction of sp³-hybridized carbons (Fsp3) is 0.412. The second kappa shape index (κ2) is 7.73. The molecule has 1 atom stereocenters. The minimum Gasteiger partial charge on any atom is -0.478 e. The molecular weight excluding hydrogens is 370 g/mol. The molecule has 0 bridgehead atoms. The molecule has 1 heterocycles. The van der Waals surface area contributed by atoms with Crippen molar-refractivity contribution in [3.8, 4) is 0 Å². The quantitative estimate of drug-likeness (QED) is 0.524. The molecule has 7 nitrogen and oxygen atoms in total. The Hall–Kier alpha value is -1.97. The largest absolute Gasteiger partial charge is 0.478 e. The highest BCUT2D eigenvalue weighted by Crippen LogP contribution is 2.22. The summed E-state index contributed by atoms with van der Waals surface area (Å²) in [5.41, 5.74) is 0.731. The van der Waals surface area contributed by atoms with E-state index in [1.54, 1.807) is 17.7 Å². The first-order valence-corrected chi connectivity index (χ1v) is 13.5. The van der Waals surface area contributed by atoms with Crippen LogP contribution in [0.3, 0.4) is 0 Å². The summed E-state index contributed by atoms with van der Waals surface area (Å²) in [6.07, 6.45) is 1.71. The van der Waals surface area contributed by atoms with E-state index in [1.165, 1.54) is 24.3 Å². The van der Waals surface area contributed by atoms with Crippen LogP contribution in [0.1, 0.15) is 16.1 Å². The van der Waals surface area contributed by atoms with E-state index < -0.39 is 23.8 Å². The van der Waals surface area contributed by atoms with E-state index in [-0.39, 0.29) is 22.3 Å². The number of benzene rings is 1. The van der Waals surface area contributed by atoms with Crippen LogP contribution in [0.5, 0.6) is 0 Å². The third kappa shape index (κ3) is 5.02. The van der Waals surface area contributed by atoms with Gasteiger partial charge in [0.1, 0.15) is 16.5 Å². The Morgan fingerprint density at radius 3 is 2.46 bits per heavy atom. The lowest BCUT2D eigenvalue weighted by Gasteiger charge is -2.16. The van der Waals surface area contributed by atoms with Gasteiger partial charge in [0, 0.05) is 20.9 Å². The minimum atomic E-state index is -3.37. The molecule has 9 heteroatoms. The van der Waals surface area contributed by atoms with Crippen molar-refractivity contribution in [3.63, 3.8) is 0 Å². The van der Waals surface area contributed by atoms with Gasteiger partial charge in [0.2, 0.25) is 5.16 Å². The summed E-state index contributed by atoms with van der Waals surface area (Å²) >= 11 is 0. The molecule has 0 fully saturated rings. The van der Waals surface area contributed by atoms with Crippen LogP contribution in [0.4, 0.5) is 0 Å². The highest BCUT2D eigenvalue weighted by Gasteiger charge is 2.21. The summed E-state index contributed by atoms with van der Waals surface area (Å²) in [5, 5.41) is 9.09. The van der Waals surface area contributed by atoms with Crippen LogP contribution >= 0.6 is 0 Å². The summed E-state index contributed by atoms with van der Waals surface area (Å²) in [6, 6.07) is 6.51. The third-order valence-electron chi connectivity index (χ3n) is 3.78. The molecule has 0 aliphatic carbocycles. The van der Waals surface area contributed by atoms with E-state index in [1.807, 2.05) is 0 Å². The zero-order valence-corrected chi connectivity index (χ0v) is 17.3. The van der Waals surface area contributed by atoms with Crippen LogP contribution in [0, 0.1) is 11.7 Å². The second-order valence-electron chi connectivity index (χ2n) is 7.37. The van der Waals surface area contributed by atoms with Gasteiger partial charge in [-0.1, -0.05) is 19.6 Å². The number of nitrogens with zero attached hydrogens (tertiary/aromatic N) is 2. The molecule has 0 amide bonds.